The number of hydrogen-bond acceptors (Lipinski definition) is 3. The first-order valence-corrected chi connectivity index (χ1v) is 10.1. The number of benzene rings is 3. The average molecular weight is 414 g/mol. The maximum atomic E-state index is 13.9. The summed E-state index contributed by atoms with van der Waals surface area (Å²) in [6, 6.07) is 20.7. The van der Waals surface area contributed by atoms with Crippen molar-refractivity contribution in [2.45, 2.75) is 33.0 Å². The van der Waals surface area contributed by atoms with Crippen LogP contribution in [0.1, 0.15) is 36.6 Å². The second-order valence-electron chi connectivity index (χ2n) is 6.73. The van der Waals surface area contributed by atoms with Gasteiger partial charge in [0, 0.05) is 18.2 Å². The maximum absolute atomic E-state index is 13.9. The second-order valence-corrected chi connectivity index (χ2v) is 7.14. The van der Waals surface area contributed by atoms with Crippen LogP contribution >= 0.6 is 11.6 Å². The molecule has 3 nitrogen and oxygen atoms in total. The van der Waals surface area contributed by atoms with Crippen LogP contribution in [0.3, 0.4) is 0 Å². The van der Waals surface area contributed by atoms with Crippen LogP contribution in [0.25, 0.3) is 0 Å². The molecule has 3 aromatic carbocycles. The van der Waals surface area contributed by atoms with Crippen LogP contribution in [-0.4, -0.2) is 6.61 Å². The van der Waals surface area contributed by atoms with Gasteiger partial charge >= 0.3 is 0 Å². The van der Waals surface area contributed by atoms with Gasteiger partial charge in [-0.05, 0) is 43.2 Å². The molecule has 3 rings (SSSR count). The molecule has 0 radical (unpaired) electrons. The minimum atomic E-state index is -0.308. The van der Waals surface area contributed by atoms with E-state index in [9.17, 15) is 4.39 Å². The van der Waals surface area contributed by atoms with Crippen molar-refractivity contribution in [3.05, 3.63) is 94.3 Å². The van der Waals surface area contributed by atoms with Crippen LogP contribution in [0.5, 0.6) is 11.5 Å². The summed E-state index contributed by atoms with van der Waals surface area (Å²) in [5.74, 6) is 0.675. The lowest BCUT2D eigenvalue weighted by Gasteiger charge is -2.18. The van der Waals surface area contributed by atoms with Gasteiger partial charge in [-0.2, -0.15) is 0 Å². The third-order valence-corrected chi connectivity index (χ3v) is 4.89. The quantitative estimate of drug-likeness (QED) is 0.446. The van der Waals surface area contributed by atoms with Gasteiger partial charge in [-0.1, -0.05) is 60.1 Å². The average Bonchev–Trinajstić information content (AvgIpc) is 2.73. The maximum Gasteiger partial charge on any atom is 0.180 e. The van der Waals surface area contributed by atoms with E-state index in [0.717, 1.165) is 5.56 Å². The number of hydrogen-bond donors (Lipinski definition) is 1. The molecule has 152 valence electrons. The smallest absolute Gasteiger partial charge is 0.180 e. The lowest BCUT2D eigenvalue weighted by molar-refractivity contribution is 0.265. The lowest BCUT2D eigenvalue weighted by atomic mass is 10.1. The number of halogens is 2. The molecule has 0 bridgehead atoms. The van der Waals surface area contributed by atoms with Gasteiger partial charge in [-0.3, -0.25) is 0 Å². The van der Waals surface area contributed by atoms with E-state index in [1.54, 1.807) is 18.2 Å². The summed E-state index contributed by atoms with van der Waals surface area (Å²) in [5, 5.41) is 3.93. The topological polar surface area (TPSA) is 30.5 Å². The molecular weight excluding hydrogens is 389 g/mol. The highest BCUT2D eigenvalue weighted by Gasteiger charge is 2.14. The number of nitrogens with one attached hydrogen (secondary N) is 1. The highest BCUT2D eigenvalue weighted by atomic mass is 35.5. The van der Waals surface area contributed by atoms with E-state index in [2.05, 4.69) is 24.4 Å². The molecule has 0 aromatic heterocycles. The molecule has 3 aromatic rings. The summed E-state index contributed by atoms with van der Waals surface area (Å²) >= 11 is 6.48. The monoisotopic (exact) mass is 413 g/mol. The van der Waals surface area contributed by atoms with Gasteiger partial charge in [-0.15, -0.1) is 0 Å². The molecule has 1 N–H and O–H groups in total. The van der Waals surface area contributed by atoms with Gasteiger partial charge in [0.2, 0.25) is 0 Å². The Balaban J connectivity index is 1.72. The van der Waals surface area contributed by atoms with E-state index < -0.39 is 0 Å². The lowest BCUT2D eigenvalue weighted by Crippen LogP contribution is -2.18. The zero-order valence-corrected chi connectivity index (χ0v) is 17.4. The molecule has 0 saturated carbocycles. The van der Waals surface area contributed by atoms with Crippen molar-refractivity contribution >= 4 is 11.6 Å². The fourth-order valence-corrected chi connectivity index (χ4v) is 3.31. The Morgan fingerprint density at radius 1 is 1.00 bits per heavy atom. The van der Waals surface area contributed by atoms with Crippen LogP contribution in [-0.2, 0) is 13.2 Å². The minimum absolute atomic E-state index is 0.0785. The zero-order valence-electron chi connectivity index (χ0n) is 16.6. The van der Waals surface area contributed by atoms with Gasteiger partial charge in [0.1, 0.15) is 12.4 Å². The molecule has 0 spiro atoms. The third-order valence-electron chi connectivity index (χ3n) is 4.61. The number of rotatable bonds is 9. The Hall–Kier alpha value is -2.56. The van der Waals surface area contributed by atoms with E-state index in [1.807, 2.05) is 37.3 Å². The second kappa shape index (κ2) is 10.3. The highest BCUT2D eigenvalue weighted by molar-refractivity contribution is 6.32. The van der Waals surface area contributed by atoms with Crippen molar-refractivity contribution in [2.24, 2.45) is 0 Å². The van der Waals surface area contributed by atoms with E-state index in [4.69, 9.17) is 21.1 Å². The minimum Gasteiger partial charge on any atom is -0.490 e. The van der Waals surface area contributed by atoms with Gasteiger partial charge in [0.25, 0.3) is 0 Å². The van der Waals surface area contributed by atoms with E-state index in [1.165, 1.54) is 11.6 Å². The first-order valence-electron chi connectivity index (χ1n) is 9.68. The zero-order chi connectivity index (χ0) is 20.6. The van der Waals surface area contributed by atoms with Gasteiger partial charge in [0.15, 0.2) is 11.5 Å². The van der Waals surface area contributed by atoms with Crippen molar-refractivity contribution in [1.29, 1.82) is 0 Å². The first-order chi connectivity index (χ1) is 14.1. The SMILES string of the molecule is CCOc1cc(CN[C@@H](C)c2ccccc2)cc(Cl)c1OCc1ccccc1F. The molecular formula is C24H25ClFNO2. The summed E-state index contributed by atoms with van der Waals surface area (Å²) in [7, 11) is 0. The van der Waals surface area contributed by atoms with Gasteiger partial charge in [0.05, 0.1) is 11.6 Å². The molecule has 0 aliphatic rings. The van der Waals surface area contributed by atoms with Gasteiger partial charge < -0.3 is 14.8 Å². The largest absolute Gasteiger partial charge is 0.490 e. The predicted octanol–water partition coefficient (Wildman–Crippen LogP) is 6.31. The molecule has 1 atom stereocenters. The molecule has 0 amide bonds. The Kier molecular flexibility index (Phi) is 7.50. The summed E-state index contributed by atoms with van der Waals surface area (Å²) in [4.78, 5) is 0. The van der Waals surface area contributed by atoms with E-state index in [0.29, 0.717) is 35.2 Å². The summed E-state index contributed by atoms with van der Waals surface area (Å²) < 4.78 is 25.4. The molecule has 0 fully saturated rings. The van der Waals surface area contributed by atoms with Crippen molar-refractivity contribution < 1.29 is 13.9 Å². The molecule has 29 heavy (non-hydrogen) atoms. The number of ether oxygens (including phenoxy) is 2. The van der Waals surface area contributed by atoms with Crippen molar-refractivity contribution in [3.8, 4) is 11.5 Å². The van der Waals surface area contributed by atoms with Crippen LogP contribution < -0.4 is 14.8 Å². The van der Waals surface area contributed by atoms with E-state index in [-0.39, 0.29) is 18.5 Å². The molecule has 0 aliphatic carbocycles. The summed E-state index contributed by atoms with van der Waals surface area (Å²) in [6.45, 7) is 5.20. The summed E-state index contributed by atoms with van der Waals surface area (Å²) in [6.07, 6.45) is 0. The Bertz CT molecular complexity index is 933. The molecule has 0 saturated heterocycles. The fraction of sp³-hybridized carbons (Fsp3) is 0.250. The summed E-state index contributed by atoms with van der Waals surface area (Å²) in [5.41, 5.74) is 2.67. The van der Waals surface area contributed by atoms with Gasteiger partial charge in [-0.25, -0.2) is 4.39 Å². The molecule has 0 aliphatic heterocycles. The Morgan fingerprint density at radius 3 is 2.45 bits per heavy atom. The van der Waals surface area contributed by atoms with E-state index >= 15 is 0 Å². The Morgan fingerprint density at radius 2 is 1.72 bits per heavy atom. The van der Waals surface area contributed by atoms with Crippen LogP contribution in [0.4, 0.5) is 4.39 Å². The Labute approximate surface area is 176 Å². The predicted molar refractivity (Wildman–Crippen MR) is 115 cm³/mol. The molecule has 0 heterocycles. The van der Waals surface area contributed by atoms with Crippen LogP contribution in [0, 0.1) is 5.82 Å². The fourth-order valence-electron chi connectivity index (χ4n) is 3.02. The van der Waals surface area contributed by atoms with Crippen LogP contribution in [0.15, 0.2) is 66.7 Å². The van der Waals surface area contributed by atoms with Crippen molar-refractivity contribution in [1.82, 2.24) is 5.32 Å². The standard InChI is InChI=1S/C24H25ClFNO2/c1-3-28-23-14-18(15-27-17(2)19-9-5-4-6-10-19)13-21(25)24(23)29-16-20-11-7-8-12-22(20)26/h4-14,17,27H,3,15-16H2,1-2H3/t17-/m0/s1. The third kappa shape index (κ3) is 5.72. The molecule has 0 unspecified atom stereocenters. The molecule has 5 heteroatoms. The van der Waals surface area contributed by atoms with Crippen molar-refractivity contribution in [3.63, 3.8) is 0 Å². The first kappa shape index (κ1) is 21.2. The highest BCUT2D eigenvalue weighted by Crippen LogP contribution is 2.37. The normalized spacial score (nSPS) is 11.9. The van der Waals surface area contributed by atoms with Crippen molar-refractivity contribution in [2.75, 3.05) is 6.61 Å². The van der Waals surface area contributed by atoms with Crippen LogP contribution in [0.2, 0.25) is 5.02 Å².